The molecule has 0 spiro atoms. The second kappa shape index (κ2) is 2.74. The summed E-state index contributed by atoms with van der Waals surface area (Å²) in [6, 6.07) is 8.24. The monoisotopic (exact) mass is 221 g/mol. The van der Waals surface area contributed by atoms with Gasteiger partial charge in [0.05, 0.1) is 0 Å². The minimum atomic E-state index is -3.13. The molecule has 0 bridgehead atoms. The first-order valence-corrected chi connectivity index (χ1v) is 6.12. The molecule has 4 heteroatoms. The van der Waals surface area contributed by atoms with Gasteiger partial charge in [0.25, 0.3) is 0 Å². The molecular weight excluding hydrogens is 215 g/mol. The predicted molar refractivity (Wildman–Crippen MR) is 39.4 cm³/mol. The van der Waals surface area contributed by atoms with Gasteiger partial charge in [0.1, 0.15) is 0 Å². The van der Waals surface area contributed by atoms with Gasteiger partial charge in [-0.1, -0.05) is 0 Å². The molecule has 0 saturated carbocycles. The van der Waals surface area contributed by atoms with Gasteiger partial charge >= 0.3 is 66.8 Å². The Kier molecular flexibility index (Phi) is 2.14. The van der Waals surface area contributed by atoms with E-state index in [4.69, 9.17) is 0 Å². The zero-order valence-electron chi connectivity index (χ0n) is 5.02. The van der Waals surface area contributed by atoms with Crippen molar-refractivity contribution >= 4 is 23.1 Å². The maximum absolute atomic E-state index is 10.8. The molecule has 0 aliphatic rings. The normalized spacial score (nSPS) is 11.3. The van der Waals surface area contributed by atoms with Crippen molar-refractivity contribution < 1.29 is 8.42 Å². The van der Waals surface area contributed by atoms with Crippen LogP contribution in [-0.2, 0) is 8.26 Å². The Morgan fingerprint density at radius 3 is 1.90 bits per heavy atom. The molecule has 0 aliphatic carbocycles. The van der Waals surface area contributed by atoms with Gasteiger partial charge in [-0.05, 0) is 0 Å². The van der Waals surface area contributed by atoms with Crippen LogP contribution < -0.4 is 0 Å². The molecule has 2 nitrogen and oxygen atoms in total. The van der Waals surface area contributed by atoms with Crippen molar-refractivity contribution in [1.82, 2.24) is 0 Å². The van der Waals surface area contributed by atoms with E-state index in [9.17, 15) is 8.42 Å². The van der Waals surface area contributed by atoms with Gasteiger partial charge in [-0.3, -0.25) is 0 Å². The first kappa shape index (κ1) is 7.79. The SMILES string of the molecule is O=S(=O)([Se])c1ccccc1. The average molecular weight is 220 g/mol. The summed E-state index contributed by atoms with van der Waals surface area (Å²) in [6.07, 6.45) is 0. The predicted octanol–water partition coefficient (Wildman–Crippen LogP) is 0.544. The van der Waals surface area contributed by atoms with Crippen molar-refractivity contribution in [2.24, 2.45) is 0 Å². The summed E-state index contributed by atoms with van der Waals surface area (Å²) in [5.74, 6) is 0. The van der Waals surface area contributed by atoms with Crippen molar-refractivity contribution in [2.75, 3.05) is 0 Å². The Labute approximate surface area is 67.1 Å². The van der Waals surface area contributed by atoms with Crippen LogP contribution in [0.4, 0.5) is 0 Å². The molecule has 0 aromatic heterocycles. The molecule has 53 valence electrons. The van der Waals surface area contributed by atoms with Crippen LogP contribution in [0.5, 0.6) is 0 Å². The fraction of sp³-hybridized carbons (Fsp3) is 0. The topological polar surface area (TPSA) is 34.1 Å². The molecule has 0 fully saturated rings. The molecular formula is C6H5O2SSe. The Balaban J connectivity index is 3.22. The molecule has 1 aromatic rings. The minimum absolute atomic E-state index is 0.315. The van der Waals surface area contributed by atoms with E-state index in [0.717, 1.165) is 0 Å². The van der Waals surface area contributed by atoms with Crippen LogP contribution >= 0.6 is 0 Å². The van der Waals surface area contributed by atoms with Crippen LogP contribution in [0, 0.1) is 0 Å². The number of hydrogen-bond acceptors (Lipinski definition) is 2. The van der Waals surface area contributed by atoms with E-state index in [1.807, 2.05) is 0 Å². The molecule has 0 heterocycles. The number of hydrogen-bond donors (Lipinski definition) is 0. The van der Waals surface area contributed by atoms with Gasteiger partial charge in [0.2, 0.25) is 0 Å². The van der Waals surface area contributed by atoms with Crippen LogP contribution in [0.25, 0.3) is 0 Å². The summed E-state index contributed by atoms with van der Waals surface area (Å²) in [6.45, 7) is 0. The van der Waals surface area contributed by atoms with E-state index >= 15 is 0 Å². The van der Waals surface area contributed by atoms with Gasteiger partial charge < -0.3 is 0 Å². The van der Waals surface area contributed by atoms with Gasteiger partial charge in [0, 0.05) is 0 Å². The summed E-state index contributed by atoms with van der Waals surface area (Å²) < 4.78 is 21.6. The first-order chi connectivity index (χ1) is 4.61. The van der Waals surface area contributed by atoms with Crippen molar-refractivity contribution in [1.29, 1.82) is 0 Å². The summed E-state index contributed by atoms with van der Waals surface area (Å²) in [5, 5.41) is 0. The number of benzene rings is 1. The molecule has 0 unspecified atom stereocenters. The van der Waals surface area contributed by atoms with E-state index in [1.165, 1.54) is 0 Å². The zero-order valence-corrected chi connectivity index (χ0v) is 7.55. The second-order valence-electron chi connectivity index (χ2n) is 1.77. The summed E-state index contributed by atoms with van der Waals surface area (Å²) in [5.41, 5.74) is 0. The van der Waals surface area contributed by atoms with Crippen molar-refractivity contribution in [3.8, 4) is 0 Å². The van der Waals surface area contributed by atoms with E-state index in [2.05, 4.69) is 14.9 Å². The summed E-state index contributed by atoms with van der Waals surface area (Å²) in [7, 11) is -3.13. The third-order valence-electron chi connectivity index (χ3n) is 1.03. The van der Waals surface area contributed by atoms with Gasteiger partial charge in [0.15, 0.2) is 0 Å². The Bertz CT molecular complexity index is 304. The fourth-order valence-electron chi connectivity index (χ4n) is 0.587. The van der Waals surface area contributed by atoms with Crippen molar-refractivity contribution in [3.05, 3.63) is 30.3 Å². The molecule has 10 heavy (non-hydrogen) atoms. The van der Waals surface area contributed by atoms with Gasteiger partial charge in [-0.25, -0.2) is 0 Å². The van der Waals surface area contributed by atoms with Crippen molar-refractivity contribution in [3.63, 3.8) is 0 Å². The Morgan fingerprint density at radius 1 is 1.10 bits per heavy atom. The van der Waals surface area contributed by atoms with Crippen molar-refractivity contribution in [2.45, 2.75) is 4.90 Å². The second-order valence-corrected chi connectivity index (χ2v) is 5.91. The molecule has 0 amide bonds. The molecule has 1 rings (SSSR count). The molecule has 0 aliphatic heterocycles. The van der Waals surface area contributed by atoms with Crippen LogP contribution in [0.3, 0.4) is 0 Å². The van der Waals surface area contributed by atoms with Crippen LogP contribution in [-0.4, -0.2) is 23.3 Å². The van der Waals surface area contributed by atoms with Crippen LogP contribution in [0.15, 0.2) is 35.2 Å². The zero-order chi connectivity index (χ0) is 7.61. The van der Waals surface area contributed by atoms with Crippen LogP contribution in [0.1, 0.15) is 0 Å². The van der Waals surface area contributed by atoms with E-state index < -0.39 is 8.26 Å². The molecule has 1 radical (unpaired) electrons. The quantitative estimate of drug-likeness (QED) is 0.647. The summed E-state index contributed by atoms with van der Waals surface area (Å²) >= 11 is 2.10. The van der Waals surface area contributed by atoms with E-state index in [0.29, 0.717) is 4.90 Å². The third-order valence-corrected chi connectivity index (χ3v) is 3.09. The molecule has 0 saturated heterocycles. The first-order valence-electron chi connectivity index (χ1n) is 2.61. The average Bonchev–Trinajstić information content (AvgIpc) is 1.88. The van der Waals surface area contributed by atoms with Crippen LogP contribution in [0.2, 0.25) is 0 Å². The molecule has 0 atom stereocenters. The molecule has 1 aromatic carbocycles. The Morgan fingerprint density at radius 2 is 1.60 bits per heavy atom. The molecule has 0 N–H and O–H groups in total. The fourth-order valence-corrected chi connectivity index (χ4v) is 1.78. The third kappa shape index (κ3) is 1.84. The van der Waals surface area contributed by atoms with Gasteiger partial charge in [-0.2, -0.15) is 0 Å². The maximum atomic E-state index is 10.8. The van der Waals surface area contributed by atoms with E-state index in [-0.39, 0.29) is 0 Å². The standard InChI is InChI=1S/C6H5O2SSe/c7-9(8,10)6-4-2-1-3-5-6/h1-5H. The number of rotatable bonds is 1. The Hall–Kier alpha value is -0.311. The van der Waals surface area contributed by atoms with Gasteiger partial charge in [-0.15, -0.1) is 0 Å². The van der Waals surface area contributed by atoms with E-state index in [1.54, 1.807) is 30.3 Å². The summed E-state index contributed by atoms with van der Waals surface area (Å²) in [4.78, 5) is 0.315.